The predicted molar refractivity (Wildman–Crippen MR) is 85.5 cm³/mol. The predicted octanol–water partition coefficient (Wildman–Crippen LogP) is 1.98. The summed E-state index contributed by atoms with van der Waals surface area (Å²) in [5.41, 5.74) is 1.01. The maximum atomic E-state index is 4.69. The molecule has 3 aromatic rings. The van der Waals surface area contributed by atoms with Gasteiger partial charge in [-0.3, -0.25) is 0 Å². The van der Waals surface area contributed by atoms with E-state index in [-0.39, 0.29) is 0 Å². The zero-order chi connectivity index (χ0) is 15.3. The number of nitrogens with zero attached hydrogens (tertiary/aromatic N) is 7. The van der Waals surface area contributed by atoms with Crippen molar-refractivity contribution in [2.45, 2.75) is 46.2 Å². The monoisotopic (exact) mass is 317 g/mol. The molecular weight excluding hydrogens is 298 g/mol. The van der Waals surface area contributed by atoms with Crippen LogP contribution in [0.3, 0.4) is 0 Å². The molecule has 3 aromatic heterocycles. The molecule has 7 nitrogen and oxygen atoms in total. The van der Waals surface area contributed by atoms with Crippen molar-refractivity contribution in [3.8, 4) is 0 Å². The number of rotatable bonds is 3. The van der Waals surface area contributed by atoms with E-state index in [1.54, 1.807) is 11.3 Å². The molecule has 0 radical (unpaired) electrons. The van der Waals surface area contributed by atoms with Crippen LogP contribution in [-0.4, -0.2) is 41.9 Å². The van der Waals surface area contributed by atoms with Crippen molar-refractivity contribution < 1.29 is 0 Å². The zero-order valence-corrected chi connectivity index (χ0v) is 13.8. The van der Waals surface area contributed by atoms with E-state index in [9.17, 15) is 0 Å². The average Bonchev–Trinajstić information content (AvgIpc) is 3.15. The van der Waals surface area contributed by atoms with Crippen molar-refractivity contribution in [1.82, 2.24) is 29.4 Å². The van der Waals surface area contributed by atoms with E-state index < -0.39 is 0 Å². The number of fused-ring (bicyclic) bond motifs is 1. The van der Waals surface area contributed by atoms with E-state index in [1.165, 1.54) is 12.8 Å². The molecule has 0 aliphatic carbocycles. The molecule has 1 aliphatic heterocycles. The number of anilines is 1. The quantitative estimate of drug-likeness (QED) is 0.739. The van der Waals surface area contributed by atoms with Gasteiger partial charge in [0.25, 0.3) is 0 Å². The second kappa shape index (κ2) is 5.05. The largest absolute Gasteiger partial charge is 0.342 e. The molecule has 116 valence electrons. The Labute approximate surface area is 132 Å². The number of aryl methyl sites for hydroxylation is 3. The topological polar surface area (TPSA) is 64.1 Å². The van der Waals surface area contributed by atoms with E-state index >= 15 is 0 Å². The first-order valence-electron chi connectivity index (χ1n) is 7.57. The second-order valence-corrected chi connectivity index (χ2v) is 6.81. The first kappa shape index (κ1) is 13.7. The van der Waals surface area contributed by atoms with Crippen LogP contribution in [0.2, 0.25) is 0 Å². The Morgan fingerprint density at radius 3 is 2.82 bits per heavy atom. The molecule has 1 saturated heterocycles. The summed E-state index contributed by atoms with van der Waals surface area (Å²) in [6.45, 7) is 7.86. The van der Waals surface area contributed by atoms with Gasteiger partial charge in [0.05, 0.1) is 24.5 Å². The van der Waals surface area contributed by atoms with Gasteiger partial charge in [-0.05, 0) is 33.6 Å². The maximum Gasteiger partial charge on any atom is 0.214 e. The summed E-state index contributed by atoms with van der Waals surface area (Å²) in [5.74, 6) is 1.82. The minimum absolute atomic E-state index is 0.428. The summed E-state index contributed by atoms with van der Waals surface area (Å²) in [6.07, 6.45) is 4.34. The summed E-state index contributed by atoms with van der Waals surface area (Å²) >= 11 is 1.66. The molecule has 1 atom stereocenters. The van der Waals surface area contributed by atoms with Crippen molar-refractivity contribution in [3.63, 3.8) is 0 Å². The lowest BCUT2D eigenvalue weighted by atomic mass is 10.2. The van der Waals surface area contributed by atoms with Gasteiger partial charge in [0.15, 0.2) is 0 Å². The molecule has 0 N–H and O–H groups in total. The lowest BCUT2D eigenvalue weighted by Crippen LogP contribution is -2.33. The summed E-state index contributed by atoms with van der Waals surface area (Å²) in [7, 11) is 0. The molecular formula is C14H19N7S. The fourth-order valence-corrected chi connectivity index (χ4v) is 4.15. The highest BCUT2D eigenvalue weighted by molar-refractivity contribution is 7.20. The molecule has 22 heavy (non-hydrogen) atoms. The van der Waals surface area contributed by atoms with Crippen LogP contribution >= 0.6 is 11.3 Å². The molecule has 8 heteroatoms. The third-order valence-corrected chi connectivity index (χ3v) is 5.08. The molecule has 0 spiro atoms. The lowest BCUT2D eigenvalue weighted by Gasteiger charge is -2.23. The number of hydrogen-bond acceptors (Lipinski definition) is 6. The lowest BCUT2D eigenvalue weighted by molar-refractivity contribution is 0.496. The Morgan fingerprint density at radius 2 is 2.09 bits per heavy atom. The molecule has 1 fully saturated rings. The first-order valence-corrected chi connectivity index (χ1v) is 8.39. The van der Waals surface area contributed by atoms with Crippen molar-refractivity contribution in [2.75, 3.05) is 11.4 Å². The Kier molecular flexibility index (Phi) is 3.14. The Bertz CT molecular complexity index is 783. The number of imidazole rings is 1. The van der Waals surface area contributed by atoms with Gasteiger partial charge in [0.2, 0.25) is 10.1 Å². The molecule has 0 aromatic carbocycles. The van der Waals surface area contributed by atoms with Crippen LogP contribution in [0.1, 0.15) is 30.2 Å². The minimum atomic E-state index is 0.428. The smallest absolute Gasteiger partial charge is 0.214 e. The van der Waals surface area contributed by atoms with Gasteiger partial charge in [-0.2, -0.15) is 5.10 Å². The summed E-state index contributed by atoms with van der Waals surface area (Å²) < 4.78 is 3.90. The standard InChI is InChI=1S/C14H19N7S/c1-9-7-21-13(15-9)22-14(18-21)19-6-4-5-12(19)8-20-11(3)16-10(2)17-20/h7,12H,4-6,8H2,1-3H3/t12-/m1/s1. The van der Waals surface area contributed by atoms with Crippen LogP contribution in [0.25, 0.3) is 4.96 Å². The molecule has 4 rings (SSSR count). The van der Waals surface area contributed by atoms with Crippen LogP contribution < -0.4 is 4.90 Å². The van der Waals surface area contributed by atoms with Crippen molar-refractivity contribution >= 4 is 21.4 Å². The van der Waals surface area contributed by atoms with E-state index in [4.69, 9.17) is 0 Å². The van der Waals surface area contributed by atoms with Gasteiger partial charge in [0, 0.05) is 6.54 Å². The fourth-order valence-electron chi connectivity index (χ4n) is 3.13. The molecule has 1 aliphatic rings. The Morgan fingerprint density at radius 1 is 1.23 bits per heavy atom. The average molecular weight is 317 g/mol. The van der Waals surface area contributed by atoms with Gasteiger partial charge in [-0.15, -0.1) is 5.10 Å². The Balaban J connectivity index is 1.59. The second-order valence-electron chi connectivity index (χ2n) is 5.87. The maximum absolute atomic E-state index is 4.69. The van der Waals surface area contributed by atoms with Gasteiger partial charge < -0.3 is 4.90 Å². The van der Waals surface area contributed by atoms with E-state index in [0.29, 0.717) is 6.04 Å². The number of hydrogen-bond donors (Lipinski definition) is 0. The first-order chi connectivity index (χ1) is 10.6. The van der Waals surface area contributed by atoms with Gasteiger partial charge in [-0.1, -0.05) is 11.3 Å². The normalized spacial score (nSPS) is 18.7. The van der Waals surface area contributed by atoms with Gasteiger partial charge >= 0.3 is 0 Å². The third kappa shape index (κ3) is 2.27. The van der Waals surface area contributed by atoms with Crippen molar-refractivity contribution in [1.29, 1.82) is 0 Å². The highest BCUT2D eigenvalue weighted by atomic mass is 32.1. The number of aromatic nitrogens is 6. The van der Waals surface area contributed by atoms with Crippen LogP contribution in [0, 0.1) is 20.8 Å². The molecule has 0 amide bonds. The zero-order valence-electron chi connectivity index (χ0n) is 13.0. The van der Waals surface area contributed by atoms with Crippen LogP contribution in [0.5, 0.6) is 0 Å². The Hall–Kier alpha value is -1.96. The molecule has 0 unspecified atom stereocenters. The van der Waals surface area contributed by atoms with Crippen molar-refractivity contribution in [2.24, 2.45) is 0 Å². The van der Waals surface area contributed by atoms with Crippen LogP contribution in [0.4, 0.5) is 5.13 Å². The minimum Gasteiger partial charge on any atom is -0.342 e. The highest BCUT2D eigenvalue weighted by Crippen LogP contribution is 2.30. The van der Waals surface area contributed by atoms with Crippen LogP contribution in [-0.2, 0) is 6.54 Å². The van der Waals surface area contributed by atoms with Gasteiger partial charge in [-0.25, -0.2) is 19.2 Å². The fraction of sp³-hybridized carbons (Fsp3) is 0.571. The molecule has 4 heterocycles. The van der Waals surface area contributed by atoms with E-state index in [2.05, 4.69) is 25.1 Å². The summed E-state index contributed by atoms with van der Waals surface area (Å²) in [4.78, 5) is 12.2. The third-order valence-electron chi connectivity index (χ3n) is 4.12. The van der Waals surface area contributed by atoms with Crippen molar-refractivity contribution in [3.05, 3.63) is 23.5 Å². The SMILES string of the molecule is Cc1cn2nc(N3CCC[C@@H]3Cn3nc(C)nc3C)sc2n1. The highest BCUT2D eigenvalue weighted by Gasteiger charge is 2.28. The van der Waals surface area contributed by atoms with Crippen LogP contribution in [0.15, 0.2) is 6.20 Å². The molecule has 0 bridgehead atoms. The molecule has 0 saturated carbocycles. The summed E-state index contributed by atoms with van der Waals surface area (Å²) in [6, 6.07) is 0.428. The van der Waals surface area contributed by atoms with E-state index in [0.717, 1.165) is 40.5 Å². The summed E-state index contributed by atoms with van der Waals surface area (Å²) in [5, 5.41) is 10.2. The van der Waals surface area contributed by atoms with Gasteiger partial charge in [0.1, 0.15) is 11.6 Å². The van der Waals surface area contributed by atoms with E-state index in [1.807, 2.05) is 36.2 Å².